The standard InChI is InChI=1S/C23H28FN3O2/c1-23(2,14-25)15-27(22(29)18-6-7-18)13-16-4-3-5-20(12-16)26-21(28)17-8-10-19(24)11-9-17/h3-5,8-12,18H,6-7,13-15,25H2,1-2H3,(H,26,28). The number of anilines is 1. The topological polar surface area (TPSA) is 75.4 Å². The van der Waals surface area contributed by atoms with E-state index in [1.165, 1.54) is 24.3 Å². The lowest BCUT2D eigenvalue weighted by Gasteiger charge is -2.32. The molecule has 0 atom stereocenters. The Balaban J connectivity index is 1.71. The summed E-state index contributed by atoms with van der Waals surface area (Å²) >= 11 is 0. The van der Waals surface area contributed by atoms with Crippen molar-refractivity contribution in [3.8, 4) is 0 Å². The van der Waals surface area contributed by atoms with E-state index in [9.17, 15) is 14.0 Å². The third kappa shape index (κ3) is 5.87. The van der Waals surface area contributed by atoms with Gasteiger partial charge in [-0.25, -0.2) is 4.39 Å². The van der Waals surface area contributed by atoms with Gasteiger partial charge in [0.1, 0.15) is 5.82 Å². The zero-order valence-corrected chi connectivity index (χ0v) is 17.0. The number of carbonyl (C=O) groups excluding carboxylic acids is 2. The molecule has 0 saturated heterocycles. The maximum atomic E-state index is 13.0. The molecule has 1 saturated carbocycles. The van der Waals surface area contributed by atoms with Gasteiger partial charge in [-0.05, 0) is 66.8 Å². The van der Waals surface area contributed by atoms with E-state index in [0.29, 0.717) is 30.9 Å². The fourth-order valence-electron chi connectivity index (χ4n) is 3.15. The molecule has 1 fully saturated rings. The van der Waals surface area contributed by atoms with Crippen LogP contribution in [0, 0.1) is 17.2 Å². The third-order valence-electron chi connectivity index (χ3n) is 5.07. The van der Waals surface area contributed by atoms with E-state index in [1.807, 2.05) is 23.1 Å². The summed E-state index contributed by atoms with van der Waals surface area (Å²) in [5, 5.41) is 2.83. The number of carbonyl (C=O) groups is 2. The van der Waals surface area contributed by atoms with Crippen molar-refractivity contribution in [3.63, 3.8) is 0 Å². The van der Waals surface area contributed by atoms with Crippen molar-refractivity contribution < 1.29 is 14.0 Å². The van der Waals surface area contributed by atoms with Gasteiger partial charge in [0.15, 0.2) is 0 Å². The number of amides is 2. The van der Waals surface area contributed by atoms with Crippen molar-refractivity contribution in [2.24, 2.45) is 17.1 Å². The highest BCUT2D eigenvalue weighted by atomic mass is 19.1. The molecule has 0 aliphatic heterocycles. The molecule has 29 heavy (non-hydrogen) atoms. The average molecular weight is 397 g/mol. The van der Waals surface area contributed by atoms with Gasteiger partial charge in [0, 0.05) is 30.3 Å². The fraction of sp³-hybridized carbons (Fsp3) is 0.391. The van der Waals surface area contributed by atoms with Crippen molar-refractivity contribution in [2.45, 2.75) is 33.2 Å². The Kier molecular flexibility index (Phi) is 6.33. The van der Waals surface area contributed by atoms with E-state index >= 15 is 0 Å². The molecule has 0 spiro atoms. The first kappa shape index (κ1) is 21.0. The number of rotatable bonds is 8. The molecule has 2 aromatic rings. The second kappa shape index (κ2) is 8.74. The van der Waals surface area contributed by atoms with Crippen LogP contribution in [-0.4, -0.2) is 29.8 Å². The molecule has 0 unspecified atom stereocenters. The van der Waals surface area contributed by atoms with Crippen LogP contribution in [0.4, 0.5) is 10.1 Å². The van der Waals surface area contributed by atoms with Gasteiger partial charge in [-0.3, -0.25) is 9.59 Å². The normalized spacial score (nSPS) is 13.8. The molecular formula is C23H28FN3O2. The highest BCUT2D eigenvalue weighted by Gasteiger charge is 2.35. The second-order valence-corrected chi connectivity index (χ2v) is 8.50. The van der Waals surface area contributed by atoms with Crippen molar-refractivity contribution in [1.82, 2.24) is 4.90 Å². The van der Waals surface area contributed by atoms with E-state index in [-0.39, 0.29) is 29.0 Å². The largest absolute Gasteiger partial charge is 0.338 e. The molecule has 154 valence electrons. The van der Waals surface area contributed by atoms with Crippen molar-refractivity contribution >= 4 is 17.5 Å². The van der Waals surface area contributed by atoms with Crippen LogP contribution < -0.4 is 11.1 Å². The van der Waals surface area contributed by atoms with Gasteiger partial charge in [-0.2, -0.15) is 0 Å². The third-order valence-corrected chi connectivity index (χ3v) is 5.07. The molecule has 1 aliphatic carbocycles. The minimum Gasteiger partial charge on any atom is -0.338 e. The molecule has 0 radical (unpaired) electrons. The number of nitrogens with two attached hydrogens (primary N) is 1. The Morgan fingerprint density at radius 1 is 1.17 bits per heavy atom. The lowest BCUT2D eigenvalue weighted by molar-refractivity contribution is -0.134. The van der Waals surface area contributed by atoms with Crippen LogP contribution in [0.1, 0.15) is 42.6 Å². The van der Waals surface area contributed by atoms with E-state index in [2.05, 4.69) is 19.2 Å². The molecule has 2 amide bonds. The van der Waals surface area contributed by atoms with Crippen LogP contribution >= 0.6 is 0 Å². The predicted molar refractivity (Wildman–Crippen MR) is 112 cm³/mol. The molecule has 1 aliphatic rings. The lowest BCUT2D eigenvalue weighted by atomic mass is 9.92. The van der Waals surface area contributed by atoms with Gasteiger partial charge < -0.3 is 16.0 Å². The Bertz CT molecular complexity index is 876. The summed E-state index contributed by atoms with van der Waals surface area (Å²) in [7, 11) is 0. The summed E-state index contributed by atoms with van der Waals surface area (Å²) in [6, 6.07) is 12.8. The molecule has 2 aromatic carbocycles. The van der Waals surface area contributed by atoms with Crippen LogP contribution in [0.15, 0.2) is 48.5 Å². The Morgan fingerprint density at radius 2 is 1.86 bits per heavy atom. The van der Waals surface area contributed by atoms with Gasteiger partial charge in [-0.15, -0.1) is 0 Å². The number of hydrogen-bond acceptors (Lipinski definition) is 3. The molecule has 0 heterocycles. The molecule has 3 N–H and O–H groups in total. The number of halogens is 1. The molecule has 5 nitrogen and oxygen atoms in total. The van der Waals surface area contributed by atoms with Gasteiger partial charge >= 0.3 is 0 Å². The van der Waals surface area contributed by atoms with E-state index in [1.54, 1.807) is 6.07 Å². The molecule has 3 rings (SSSR count). The first-order valence-corrected chi connectivity index (χ1v) is 9.92. The van der Waals surface area contributed by atoms with E-state index in [0.717, 1.165) is 18.4 Å². The van der Waals surface area contributed by atoms with Crippen LogP contribution in [0.25, 0.3) is 0 Å². The summed E-state index contributed by atoms with van der Waals surface area (Å²) < 4.78 is 13.0. The molecule has 0 bridgehead atoms. The van der Waals surface area contributed by atoms with Crippen molar-refractivity contribution in [2.75, 3.05) is 18.4 Å². The zero-order valence-electron chi connectivity index (χ0n) is 17.0. The Labute approximate surface area is 171 Å². The van der Waals surface area contributed by atoms with Crippen LogP contribution in [0.3, 0.4) is 0 Å². The summed E-state index contributed by atoms with van der Waals surface area (Å²) in [4.78, 5) is 27.0. The first-order chi connectivity index (χ1) is 13.8. The molecule has 6 heteroatoms. The number of benzene rings is 2. The van der Waals surface area contributed by atoms with Gasteiger partial charge in [0.05, 0.1) is 0 Å². The minimum absolute atomic E-state index is 0.130. The van der Waals surface area contributed by atoms with Gasteiger partial charge in [-0.1, -0.05) is 26.0 Å². The number of hydrogen-bond donors (Lipinski definition) is 2. The quantitative estimate of drug-likeness (QED) is 0.711. The van der Waals surface area contributed by atoms with Crippen LogP contribution in [-0.2, 0) is 11.3 Å². The minimum atomic E-state index is -0.385. The highest BCUT2D eigenvalue weighted by Crippen LogP contribution is 2.32. The SMILES string of the molecule is CC(C)(CN)CN(Cc1cccc(NC(=O)c2ccc(F)cc2)c1)C(=O)C1CC1. The van der Waals surface area contributed by atoms with Gasteiger partial charge in [0.25, 0.3) is 5.91 Å². The summed E-state index contributed by atoms with van der Waals surface area (Å²) in [5.41, 5.74) is 7.66. The van der Waals surface area contributed by atoms with Crippen molar-refractivity contribution in [3.05, 3.63) is 65.5 Å². The summed E-state index contributed by atoms with van der Waals surface area (Å²) in [6.07, 6.45) is 1.90. The number of nitrogens with one attached hydrogen (secondary N) is 1. The monoisotopic (exact) mass is 397 g/mol. The molecule has 0 aromatic heterocycles. The van der Waals surface area contributed by atoms with Crippen LogP contribution in [0.5, 0.6) is 0 Å². The summed E-state index contributed by atoms with van der Waals surface area (Å²) in [6.45, 7) is 5.66. The second-order valence-electron chi connectivity index (χ2n) is 8.50. The zero-order chi connectivity index (χ0) is 21.0. The Hall–Kier alpha value is -2.73. The van der Waals surface area contributed by atoms with Crippen LogP contribution in [0.2, 0.25) is 0 Å². The molecular weight excluding hydrogens is 369 g/mol. The van der Waals surface area contributed by atoms with Crippen molar-refractivity contribution in [1.29, 1.82) is 0 Å². The maximum absolute atomic E-state index is 13.0. The predicted octanol–water partition coefficient (Wildman–Crippen LogP) is 3.80. The van der Waals surface area contributed by atoms with E-state index < -0.39 is 0 Å². The fourth-order valence-corrected chi connectivity index (χ4v) is 3.15. The highest BCUT2D eigenvalue weighted by molar-refractivity contribution is 6.04. The lowest BCUT2D eigenvalue weighted by Crippen LogP contribution is -2.42. The number of nitrogens with zero attached hydrogens (tertiary/aromatic N) is 1. The smallest absolute Gasteiger partial charge is 0.255 e. The average Bonchev–Trinajstić information content (AvgIpc) is 3.53. The maximum Gasteiger partial charge on any atom is 0.255 e. The first-order valence-electron chi connectivity index (χ1n) is 9.92. The Morgan fingerprint density at radius 3 is 2.48 bits per heavy atom. The van der Waals surface area contributed by atoms with Gasteiger partial charge in [0.2, 0.25) is 5.91 Å². The summed E-state index contributed by atoms with van der Waals surface area (Å²) in [5.74, 6) is -0.390. The van der Waals surface area contributed by atoms with E-state index in [4.69, 9.17) is 5.73 Å².